The van der Waals surface area contributed by atoms with Crippen LogP contribution in [0.5, 0.6) is 6.01 Å². The number of methoxy groups -OCH3 is 1. The van der Waals surface area contributed by atoms with Crippen molar-refractivity contribution in [3.05, 3.63) is 41.7 Å². The summed E-state index contributed by atoms with van der Waals surface area (Å²) in [6.07, 6.45) is 2.67. The molecule has 0 unspecified atom stereocenters. The van der Waals surface area contributed by atoms with Gasteiger partial charge in [0.05, 0.1) is 7.11 Å². The van der Waals surface area contributed by atoms with Crippen molar-refractivity contribution in [3.8, 4) is 6.01 Å². The van der Waals surface area contributed by atoms with Gasteiger partial charge in [-0.2, -0.15) is 4.98 Å². The van der Waals surface area contributed by atoms with Crippen molar-refractivity contribution < 1.29 is 14.3 Å². The Morgan fingerprint density at radius 2 is 2.07 bits per heavy atom. The highest BCUT2D eigenvalue weighted by Gasteiger charge is 2.48. The minimum absolute atomic E-state index is 0.0161. The average molecular weight is 397 g/mol. The van der Waals surface area contributed by atoms with Crippen molar-refractivity contribution in [2.45, 2.75) is 19.3 Å². The van der Waals surface area contributed by atoms with E-state index in [-0.39, 0.29) is 29.5 Å². The lowest BCUT2D eigenvalue weighted by atomic mass is 9.61. The number of likely N-dealkylation sites (tertiary alicyclic amines) is 1. The van der Waals surface area contributed by atoms with Gasteiger partial charge >= 0.3 is 6.01 Å². The van der Waals surface area contributed by atoms with E-state index in [2.05, 4.69) is 27.5 Å². The Labute approximate surface area is 170 Å². The molecule has 4 rings (SSSR count). The molecule has 1 N–H and O–H groups in total. The number of nitrogens with zero attached hydrogens (tertiary/aromatic N) is 4. The number of fused-ring (bicyclic) bond motifs is 1. The maximum atomic E-state index is 12.8. The fourth-order valence-electron chi connectivity index (χ4n) is 4.46. The average Bonchev–Trinajstić information content (AvgIpc) is 3.10. The normalized spacial score (nSPS) is 23.1. The minimum Gasteiger partial charge on any atom is -0.467 e. The zero-order valence-corrected chi connectivity index (χ0v) is 16.9. The predicted octanol–water partition coefficient (Wildman–Crippen LogP) is 1.28. The third-order valence-electron chi connectivity index (χ3n) is 6.16. The van der Waals surface area contributed by atoms with Crippen LogP contribution in [0.2, 0.25) is 0 Å². The summed E-state index contributed by atoms with van der Waals surface area (Å²) in [5.41, 5.74) is 1.21. The molecule has 1 saturated carbocycles. The topological polar surface area (TPSA) is 89.3 Å². The Hall–Kier alpha value is -2.90. The van der Waals surface area contributed by atoms with E-state index in [1.165, 1.54) is 17.4 Å². The Kier molecular flexibility index (Phi) is 5.51. The molecule has 8 nitrogen and oxygen atoms in total. The Morgan fingerprint density at radius 3 is 2.79 bits per heavy atom. The van der Waals surface area contributed by atoms with Gasteiger partial charge in [-0.1, -0.05) is 30.3 Å². The standard InChI is InChI=1S/C21H27N5O3/c1-25-21(29-2)23-18(24-25)20(28)26-11-9-15-12-16(17(15)13-26)19(27)22-10-8-14-6-4-3-5-7-14/h3-7,15-17H,8-13H2,1-2H3,(H,22,27)/t15-,16-,17-/m1/s1. The molecular formula is C21H27N5O3. The quantitative estimate of drug-likeness (QED) is 0.793. The van der Waals surface area contributed by atoms with Crippen LogP contribution in [-0.4, -0.2) is 58.2 Å². The van der Waals surface area contributed by atoms with Gasteiger partial charge in [-0.05, 0) is 36.7 Å². The van der Waals surface area contributed by atoms with E-state index in [0.717, 1.165) is 19.3 Å². The first-order valence-corrected chi connectivity index (χ1v) is 10.1. The zero-order valence-electron chi connectivity index (χ0n) is 16.9. The fraction of sp³-hybridized carbons (Fsp3) is 0.524. The van der Waals surface area contributed by atoms with Crippen LogP contribution < -0.4 is 10.1 Å². The lowest BCUT2D eigenvalue weighted by Crippen LogP contribution is -2.56. The first-order chi connectivity index (χ1) is 14.1. The van der Waals surface area contributed by atoms with Crippen molar-refractivity contribution in [1.29, 1.82) is 0 Å². The van der Waals surface area contributed by atoms with Gasteiger partial charge in [0.1, 0.15) is 0 Å². The number of ether oxygens (including phenoxy) is 1. The van der Waals surface area contributed by atoms with E-state index in [1.807, 2.05) is 18.2 Å². The van der Waals surface area contributed by atoms with Gasteiger partial charge in [0, 0.05) is 32.6 Å². The van der Waals surface area contributed by atoms with Crippen molar-refractivity contribution in [2.75, 3.05) is 26.7 Å². The summed E-state index contributed by atoms with van der Waals surface area (Å²) in [6.45, 7) is 1.90. The number of hydrogen-bond donors (Lipinski definition) is 1. The number of carbonyl (C=O) groups is 2. The maximum absolute atomic E-state index is 12.8. The number of nitrogens with one attached hydrogen (secondary N) is 1. The number of piperidine rings is 1. The van der Waals surface area contributed by atoms with E-state index in [4.69, 9.17) is 4.74 Å². The summed E-state index contributed by atoms with van der Waals surface area (Å²) >= 11 is 0. The van der Waals surface area contributed by atoms with Crippen LogP contribution in [0.1, 0.15) is 29.0 Å². The van der Waals surface area contributed by atoms with E-state index in [0.29, 0.717) is 31.6 Å². The van der Waals surface area contributed by atoms with Gasteiger partial charge in [0.25, 0.3) is 5.91 Å². The number of aromatic nitrogens is 3. The summed E-state index contributed by atoms with van der Waals surface area (Å²) in [5.74, 6) is 0.778. The fourth-order valence-corrected chi connectivity index (χ4v) is 4.46. The molecule has 0 spiro atoms. The second-order valence-electron chi connectivity index (χ2n) is 7.88. The molecule has 1 aromatic carbocycles. The van der Waals surface area contributed by atoms with Crippen molar-refractivity contribution in [2.24, 2.45) is 24.8 Å². The van der Waals surface area contributed by atoms with Crippen molar-refractivity contribution >= 4 is 11.8 Å². The molecule has 0 bridgehead atoms. The third kappa shape index (κ3) is 3.97. The van der Waals surface area contributed by atoms with Crippen molar-refractivity contribution in [1.82, 2.24) is 25.0 Å². The van der Waals surface area contributed by atoms with Crippen LogP contribution in [0, 0.1) is 17.8 Å². The van der Waals surface area contributed by atoms with Gasteiger partial charge in [-0.3, -0.25) is 9.59 Å². The SMILES string of the molecule is COc1nc(C(=O)N2CC[C@@H]3C[C@@H](C(=O)NCCc4ccccc4)[C@@H]3C2)nn1C. The second kappa shape index (κ2) is 8.23. The van der Waals surface area contributed by atoms with E-state index < -0.39 is 0 Å². The Balaban J connectivity index is 1.31. The molecule has 0 radical (unpaired) electrons. The zero-order chi connectivity index (χ0) is 20.4. The Bertz CT molecular complexity index is 882. The molecule has 154 valence electrons. The van der Waals surface area contributed by atoms with Crippen molar-refractivity contribution in [3.63, 3.8) is 0 Å². The molecule has 1 saturated heterocycles. The van der Waals surface area contributed by atoms with E-state index in [1.54, 1.807) is 11.9 Å². The molecule has 2 fully saturated rings. The van der Waals surface area contributed by atoms with E-state index in [9.17, 15) is 9.59 Å². The molecule has 29 heavy (non-hydrogen) atoms. The van der Waals surface area contributed by atoms with E-state index >= 15 is 0 Å². The number of amides is 2. The summed E-state index contributed by atoms with van der Waals surface area (Å²) in [4.78, 5) is 31.4. The Morgan fingerprint density at radius 1 is 1.28 bits per heavy atom. The molecule has 2 aliphatic rings. The highest BCUT2D eigenvalue weighted by molar-refractivity contribution is 5.90. The molecule has 2 amide bonds. The molecule has 2 aromatic rings. The van der Waals surface area contributed by atoms with Crippen LogP contribution in [-0.2, 0) is 18.3 Å². The highest BCUT2D eigenvalue weighted by Crippen LogP contribution is 2.45. The predicted molar refractivity (Wildman–Crippen MR) is 106 cm³/mol. The monoisotopic (exact) mass is 397 g/mol. The number of rotatable bonds is 6. The summed E-state index contributed by atoms with van der Waals surface area (Å²) < 4.78 is 6.55. The highest BCUT2D eigenvalue weighted by atomic mass is 16.5. The molecule has 1 aliphatic heterocycles. The first-order valence-electron chi connectivity index (χ1n) is 10.1. The van der Waals surface area contributed by atoms with Gasteiger partial charge in [-0.25, -0.2) is 4.68 Å². The molecular weight excluding hydrogens is 370 g/mol. The molecule has 2 heterocycles. The van der Waals surface area contributed by atoms with Gasteiger partial charge in [-0.15, -0.1) is 5.10 Å². The van der Waals surface area contributed by atoms with Crippen LogP contribution in [0.25, 0.3) is 0 Å². The summed E-state index contributed by atoms with van der Waals surface area (Å²) in [5, 5.41) is 7.23. The third-order valence-corrected chi connectivity index (χ3v) is 6.16. The van der Waals surface area contributed by atoms with Crippen LogP contribution >= 0.6 is 0 Å². The molecule has 1 aromatic heterocycles. The largest absolute Gasteiger partial charge is 0.467 e. The van der Waals surface area contributed by atoms with Crippen LogP contribution in [0.4, 0.5) is 0 Å². The molecule has 8 heteroatoms. The number of aryl methyl sites for hydroxylation is 1. The minimum atomic E-state index is -0.197. The van der Waals surface area contributed by atoms with Gasteiger partial charge in [0.2, 0.25) is 11.7 Å². The first kappa shape index (κ1) is 19.4. The smallest absolute Gasteiger partial charge is 0.314 e. The van der Waals surface area contributed by atoms with Crippen LogP contribution in [0.3, 0.4) is 0 Å². The molecule has 1 aliphatic carbocycles. The number of benzene rings is 1. The second-order valence-corrected chi connectivity index (χ2v) is 7.88. The van der Waals surface area contributed by atoms with Crippen LogP contribution in [0.15, 0.2) is 30.3 Å². The van der Waals surface area contributed by atoms with Gasteiger partial charge < -0.3 is 15.0 Å². The summed E-state index contributed by atoms with van der Waals surface area (Å²) in [6, 6.07) is 10.4. The van der Waals surface area contributed by atoms with Gasteiger partial charge in [0.15, 0.2) is 0 Å². The lowest BCUT2D eigenvalue weighted by molar-refractivity contribution is -0.136. The number of carbonyl (C=O) groups excluding carboxylic acids is 2. The molecule has 3 atom stereocenters. The maximum Gasteiger partial charge on any atom is 0.314 e. The summed E-state index contributed by atoms with van der Waals surface area (Å²) in [7, 11) is 3.19. The number of hydrogen-bond acceptors (Lipinski definition) is 5. The lowest BCUT2D eigenvalue weighted by Gasteiger charge is -2.50.